The topological polar surface area (TPSA) is 92.4 Å². The highest BCUT2D eigenvalue weighted by molar-refractivity contribution is 6.02. The van der Waals surface area contributed by atoms with Crippen molar-refractivity contribution in [2.24, 2.45) is 0 Å². The van der Waals surface area contributed by atoms with Gasteiger partial charge in [0.25, 0.3) is 5.56 Å². The third-order valence-electron chi connectivity index (χ3n) is 5.14. The molecule has 2 heterocycles. The molecule has 0 fully saturated rings. The molecule has 0 aliphatic heterocycles. The zero-order valence-corrected chi connectivity index (χ0v) is 17.9. The van der Waals surface area contributed by atoms with Crippen LogP contribution in [0, 0.1) is 6.92 Å². The summed E-state index contributed by atoms with van der Waals surface area (Å²) in [5, 5.41) is 0.00360. The van der Waals surface area contributed by atoms with E-state index in [2.05, 4.69) is 4.98 Å². The Bertz CT molecular complexity index is 1440. The molecule has 0 saturated carbocycles. The minimum Gasteiger partial charge on any atom is -0.495 e. The van der Waals surface area contributed by atoms with E-state index >= 15 is 0 Å². The molecule has 0 aliphatic carbocycles. The number of aromatic nitrogens is 3. The molecule has 0 atom stereocenters. The fourth-order valence-corrected chi connectivity index (χ4v) is 3.67. The molecule has 0 unspecified atom stereocenters. The van der Waals surface area contributed by atoms with Gasteiger partial charge in [0.2, 0.25) is 0 Å². The lowest BCUT2D eigenvalue weighted by Crippen LogP contribution is -2.41. The predicted octanol–water partition coefficient (Wildman–Crippen LogP) is 2.70. The molecule has 0 N–H and O–H groups in total. The monoisotopic (exact) mass is 431 g/mol. The number of ether oxygens (including phenoxy) is 2. The summed E-state index contributed by atoms with van der Waals surface area (Å²) < 4.78 is 12.8. The summed E-state index contributed by atoms with van der Waals surface area (Å²) in [6.45, 7) is 1.70. The molecule has 162 valence electrons. The van der Waals surface area contributed by atoms with Gasteiger partial charge < -0.3 is 9.47 Å². The Morgan fingerprint density at radius 1 is 1.00 bits per heavy atom. The maximum absolute atomic E-state index is 13.7. The van der Waals surface area contributed by atoms with Gasteiger partial charge in [-0.1, -0.05) is 42.5 Å². The lowest BCUT2D eigenvalue weighted by atomic mass is 10.1. The number of esters is 1. The van der Waals surface area contributed by atoms with Crippen LogP contribution in [0.1, 0.15) is 21.6 Å². The Hall–Kier alpha value is -4.20. The van der Waals surface area contributed by atoms with Crippen LogP contribution in [0.3, 0.4) is 0 Å². The third-order valence-corrected chi connectivity index (χ3v) is 5.14. The van der Waals surface area contributed by atoms with Crippen LogP contribution in [0.15, 0.2) is 70.3 Å². The van der Waals surface area contributed by atoms with Gasteiger partial charge in [-0.25, -0.2) is 19.1 Å². The molecule has 4 rings (SSSR count). The summed E-state index contributed by atoms with van der Waals surface area (Å²) in [4.78, 5) is 44.2. The molecular formula is C24H21N3O5. The lowest BCUT2D eigenvalue weighted by molar-refractivity contribution is 0.0602. The second-order valence-electron chi connectivity index (χ2n) is 7.17. The molecule has 8 heteroatoms. The van der Waals surface area contributed by atoms with Gasteiger partial charge >= 0.3 is 11.7 Å². The number of aryl methyl sites for hydroxylation is 1. The minimum absolute atomic E-state index is 0.00360. The number of para-hydroxylation sites is 2. The molecular weight excluding hydrogens is 410 g/mol. The van der Waals surface area contributed by atoms with E-state index in [9.17, 15) is 14.4 Å². The smallest absolute Gasteiger partial charge is 0.338 e. The van der Waals surface area contributed by atoms with Crippen LogP contribution in [0.2, 0.25) is 0 Å². The Morgan fingerprint density at radius 3 is 2.38 bits per heavy atom. The maximum atomic E-state index is 13.7. The van der Waals surface area contributed by atoms with Crippen LogP contribution in [0.25, 0.3) is 16.7 Å². The van der Waals surface area contributed by atoms with Gasteiger partial charge in [0.05, 0.1) is 37.4 Å². The molecule has 2 aromatic heterocycles. The van der Waals surface area contributed by atoms with Crippen LogP contribution >= 0.6 is 0 Å². The Labute approximate surface area is 183 Å². The van der Waals surface area contributed by atoms with Gasteiger partial charge in [0.15, 0.2) is 5.65 Å². The Balaban J connectivity index is 2.18. The summed E-state index contributed by atoms with van der Waals surface area (Å²) in [6.07, 6.45) is 0. The highest BCUT2D eigenvalue weighted by Crippen LogP contribution is 2.24. The van der Waals surface area contributed by atoms with Crippen LogP contribution in [-0.4, -0.2) is 34.3 Å². The van der Waals surface area contributed by atoms with Crippen LogP contribution in [0.4, 0.5) is 0 Å². The number of methoxy groups -OCH3 is 2. The number of benzene rings is 2. The van der Waals surface area contributed by atoms with Crippen molar-refractivity contribution in [3.8, 4) is 11.4 Å². The van der Waals surface area contributed by atoms with E-state index in [1.165, 1.54) is 24.9 Å². The predicted molar refractivity (Wildman–Crippen MR) is 120 cm³/mol. The Morgan fingerprint density at radius 2 is 1.69 bits per heavy atom. The second kappa shape index (κ2) is 8.50. The maximum Gasteiger partial charge on any atom is 0.338 e. The number of fused-ring (bicyclic) bond motifs is 1. The molecule has 8 nitrogen and oxygen atoms in total. The summed E-state index contributed by atoms with van der Waals surface area (Å²) in [5.41, 5.74) is 0.525. The van der Waals surface area contributed by atoms with Gasteiger partial charge in [-0.3, -0.25) is 9.36 Å². The van der Waals surface area contributed by atoms with E-state index in [-0.39, 0.29) is 23.1 Å². The van der Waals surface area contributed by atoms with Crippen molar-refractivity contribution in [3.63, 3.8) is 0 Å². The van der Waals surface area contributed by atoms with Crippen molar-refractivity contribution >= 4 is 17.0 Å². The van der Waals surface area contributed by atoms with Crippen LogP contribution < -0.4 is 16.0 Å². The molecule has 32 heavy (non-hydrogen) atoms. The van der Waals surface area contributed by atoms with Crippen molar-refractivity contribution in [1.29, 1.82) is 0 Å². The summed E-state index contributed by atoms with van der Waals surface area (Å²) in [6, 6.07) is 17.5. The second-order valence-corrected chi connectivity index (χ2v) is 7.17. The van der Waals surface area contributed by atoms with Gasteiger partial charge in [-0.05, 0) is 30.7 Å². The normalized spacial score (nSPS) is 10.8. The minimum atomic E-state index is -0.686. The first-order chi connectivity index (χ1) is 15.5. The molecule has 0 bridgehead atoms. The zero-order valence-electron chi connectivity index (χ0n) is 17.9. The average molecular weight is 431 g/mol. The third kappa shape index (κ3) is 3.56. The highest BCUT2D eigenvalue weighted by Gasteiger charge is 2.24. The van der Waals surface area contributed by atoms with E-state index in [4.69, 9.17) is 9.47 Å². The first-order valence-electron chi connectivity index (χ1n) is 9.89. The number of pyridine rings is 1. The van der Waals surface area contributed by atoms with Crippen molar-refractivity contribution in [1.82, 2.24) is 14.1 Å². The SMILES string of the molecule is COC(=O)c1cc(C)nc2c1c(=O)n(Cc1ccccc1)c(=O)n2-c1ccccc1OC. The summed E-state index contributed by atoms with van der Waals surface area (Å²) in [7, 11) is 2.73. The zero-order chi connectivity index (χ0) is 22.8. The standard InChI is InChI=1S/C24H21N3O5/c1-15-13-17(23(29)32-3)20-21(25-15)27(18-11-7-8-12-19(18)31-2)24(30)26(22(20)28)14-16-9-5-4-6-10-16/h4-13H,14H2,1-3H3. The first kappa shape index (κ1) is 21.0. The quantitative estimate of drug-likeness (QED) is 0.451. The molecule has 2 aromatic carbocycles. The molecule has 4 aromatic rings. The first-order valence-corrected chi connectivity index (χ1v) is 9.89. The molecule has 0 saturated heterocycles. The number of hydrogen-bond acceptors (Lipinski definition) is 6. The van der Waals surface area contributed by atoms with E-state index in [0.717, 1.165) is 10.1 Å². The van der Waals surface area contributed by atoms with E-state index in [1.54, 1.807) is 31.2 Å². The number of nitrogens with zero attached hydrogens (tertiary/aromatic N) is 3. The molecule has 0 spiro atoms. The number of carbonyl (C=O) groups excluding carboxylic acids is 1. The summed E-state index contributed by atoms with van der Waals surface area (Å²) >= 11 is 0. The van der Waals surface area contributed by atoms with Gasteiger partial charge in [0.1, 0.15) is 5.75 Å². The van der Waals surface area contributed by atoms with E-state index < -0.39 is 17.2 Å². The Kier molecular flexibility index (Phi) is 5.59. The van der Waals surface area contributed by atoms with Crippen molar-refractivity contribution < 1.29 is 14.3 Å². The largest absolute Gasteiger partial charge is 0.495 e. The summed E-state index contributed by atoms with van der Waals surface area (Å²) in [5.74, 6) is -0.266. The van der Waals surface area contributed by atoms with E-state index in [0.29, 0.717) is 17.1 Å². The van der Waals surface area contributed by atoms with Gasteiger partial charge in [-0.15, -0.1) is 0 Å². The van der Waals surface area contributed by atoms with Crippen LogP contribution in [-0.2, 0) is 11.3 Å². The highest BCUT2D eigenvalue weighted by atomic mass is 16.5. The average Bonchev–Trinajstić information content (AvgIpc) is 2.81. The molecule has 0 aliphatic rings. The van der Waals surface area contributed by atoms with E-state index in [1.807, 2.05) is 30.3 Å². The lowest BCUT2D eigenvalue weighted by Gasteiger charge is -2.17. The van der Waals surface area contributed by atoms with Crippen molar-refractivity contribution in [2.45, 2.75) is 13.5 Å². The van der Waals surface area contributed by atoms with Crippen molar-refractivity contribution in [3.05, 3.63) is 98.3 Å². The fraction of sp³-hybridized carbons (Fsp3) is 0.167. The molecule has 0 radical (unpaired) electrons. The number of hydrogen-bond donors (Lipinski definition) is 0. The van der Waals surface area contributed by atoms with Gasteiger partial charge in [0, 0.05) is 5.69 Å². The number of carbonyl (C=O) groups is 1. The van der Waals surface area contributed by atoms with Gasteiger partial charge in [-0.2, -0.15) is 0 Å². The molecule has 0 amide bonds. The van der Waals surface area contributed by atoms with Crippen LogP contribution in [0.5, 0.6) is 5.75 Å². The van der Waals surface area contributed by atoms with Crippen molar-refractivity contribution in [2.75, 3.05) is 14.2 Å². The fourth-order valence-electron chi connectivity index (χ4n) is 3.67. The number of rotatable bonds is 5.